The van der Waals surface area contributed by atoms with E-state index in [-0.39, 0.29) is 37.0 Å². The highest BCUT2D eigenvalue weighted by atomic mass is 19.4. The van der Waals surface area contributed by atoms with Crippen molar-refractivity contribution in [2.24, 2.45) is 0 Å². The molecule has 0 unspecified atom stereocenters. The van der Waals surface area contributed by atoms with Crippen LogP contribution < -0.4 is 4.74 Å². The average Bonchev–Trinajstić information content (AvgIpc) is 3.72. The van der Waals surface area contributed by atoms with Gasteiger partial charge in [-0.05, 0) is 46.0 Å². The molecule has 3 aromatic carbocycles. The second-order valence-corrected chi connectivity index (χ2v) is 11.0. The van der Waals surface area contributed by atoms with Gasteiger partial charge in [-0.25, -0.2) is 19.4 Å². The van der Waals surface area contributed by atoms with Crippen LogP contribution in [0.1, 0.15) is 46.5 Å². The Labute approximate surface area is 289 Å². The molecule has 5 aromatic rings. The van der Waals surface area contributed by atoms with Crippen LogP contribution in [-0.2, 0) is 41.8 Å². The number of aromatic nitrogens is 6. The van der Waals surface area contributed by atoms with Gasteiger partial charge < -0.3 is 19.1 Å². The van der Waals surface area contributed by atoms with Gasteiger partial charge in [0.1, 0.15) is 11.6 Å². The lowest BCUT2D eigenvalue weighted by Gasteiger charge is -2.18. The summed E-state index contributed by atoms with van der Waals surface area (Å²) in [5, 5.41) is 38.8. The Hall–Kier alpha value is -5.83. The van der Waals surface area contributed by atoms with Crippen LogP contribution in [0.5, 0.6) is 5.75 Å². The summed E-state index contributed by atoms with van der Waals surface area (Å²) in [5.74, 6) is -7.44. The molecule has 2 heterocycles. The maximum absolute atomic E-state index is 14.4. The molecule has 0 aliphatic heterocycles. The van der Waals surface area contributed by atoms with Gasteiger partial charge in [0.25, 0.3) is 0 Å². The Balaban J connectivity index is 1.30. The average molecular weight is 734 g/mol. The molecule has 0 aliphatic rings. The molecule has 0 spiro atoms. The number of aryl methyl sites for hydroxylation is 1. The SMILES string of the molecule is CCCc1nc(C(F)(F)C(F)(F)F)c(C(=O)O)n1Cc1ccc(-c2ccccc2-c2nnn(COC(=O)Oc3cccc(CON(O)O)c3)n2)cc1. The van der Waals surface area contributed by atoms with Gasteiger partial charge in [-0.1, -0.05) is 67.6 Å². The fourth-order valence-electron chi connectivity index (χ4n) is 5.03. The number of ether oxygens (including phenoxy) is 2. The first-order valence-corrected chi connectivity index (χ1v) is 15.2. The number of tetrazole rings is 1. The first kappa shape index (κ1) is 37.4. The minimum absolute atomic E-state index is 0.0411. The summed E-state index contributed by atoms with van der Waals surface area (Å²) < 4.78 is 79.4. The number of benzene rings is 3. The van der Waals surface area contributed by atoms with Crippen molar-refractivity contribution in [1.29, 1.82) is 0 Å². The molecule has 0 aliphatic carbocycles. The van der Waals surface area contributed by atoms with Gasteiger partial charge in [-0.2, -0.15) is 22.0 Å². The van der Waals surface area contributed by atoms with Gasteiger partial charge in [-0.15, -0.1) is 15.0 Å². The van der Waals surface area contributed by atoms with Crippen LogP contribution in [0.4, 0.5) is 26.7 Å². The summed E-state index contributed by atoms with van der Waals surface area (Å²) >= 11 is 0. The van der Waals surface area contributed by atoms with Crippen molar-refractivity contribution in [3.63, 3.8) is 0 Å². The first-order chi connectivity index (χ1) is 24.7. The van der Waals surface area contributed by atoms with Crippen molar-refractivity contribution in [2.45, 2.75) is 51.7 Å². The van der Waals surface area contributed by atoms with Crippen molar-refractivity contribution in [3.05, 3.63) is 101 Å². The van der Waals surface area contributed by atoms with Gasteiger partial charge >= 0.3 is 24.2 Å². The molecular formula is C32H28F5N7O8. The van der Waals surface area contributed by atoms with Crippen molar-refractivity contribution in [2.75, 3.05) is 0 Å². The van der Waals surface area contributed by atoms with Crippen molar-refractivity contribution >= 4 is 12.1 Å². The number of nitrogens with zero attached hydrogens (tertiary/aromatic N) is 7. The van der Waals surface area contributed by atoms with Crippen LogP contribution >= 0.6 is 0 Å². The van der Waals surface area contributed by atoms with E-state index in [1.807, 2.05) is 0 Å². The van der Waals surface area contributed by atoms with Gasteiger partial charge in [0.15, 0.2) is 11.4 Å². The van der Waals surface area contributed by atoms with Crippen molar-refractivity contribution in [1.82, 2.24) is 35.1 Å². The number of hydrogen-bond donors (Lipinski definition) is 3. The van der Waals surface area contributed by atoms with E-state index in [9.17, 15) is 36.6 Å². The third kappa shape index (κ3) is 8.54. The predicted octanol–water partition coefficient (Wildman–Crippen LogP) is 6.24. The van der Waals surface area contributed by atoms with Crippen LogP contribution in [0, 0.1) is 0 Å². The number of rotatable bonds is 14. The number of halogens is 5. The Bertz CT molecular complexity index is 2030. The summed E-state index contributed by atoms with van der Waals surface area (Å²) in [5.41, 5.74) is -0.500. The number of alkyl halides is 5. The Morgan fingerprint density at radius 1 is 0.923 bits per heavy atom. The van der Waals surface area contributed by atoms with Gasteiger partial charge in [-0.3, -0.25) is 10.4 Å². The maximum Gasteiger partial charge on any atom is 0.515 e. The van der Waals surface area contributed by atoms with E-state index in [0.29, 0.717) is 34.2 Å². The van der Waals surface area contributed by atoms with Crippen LogP contribution in [0.2, 0.25) is 0 Å². The first-order valence-electron chi connectivity index (χ1n) is 15.2. The number of hydrogen-bond acceptors (Lipinski definition) is 12. The summed E-state index contributed by atoms with van der Waals surface area (Å²) in [6, 6.07) is 19.3. The lowest BCUT2D eigenvalue weighted by atomic mass is 9.98. The smallest absolute Gasteiger partial charge is 0.477 e. The minimum Gasteiger partial charge on any atom is -0.477 e. The topological polar surface area (TPSA) is 187 Å². The highest BCUT2D eigenvalue weighted by Gasteiger charge is 2.62. The van der Waals surface area contributed by atoms with Crippen LogP contribution in [0.25, 0.3) is 22.5 Å². The monoisotopic (exact) mass is 733 g/mol. The van der Waals surface area contributed by atoms with Crippen molar-refractivity contribution in [3.8, 4) is 28.3 Å². The summed E-state index contributed by atoms with van der Waals surface area (Å²) in [6.45, 7) is 0.603. The molecule has 5 rings (SSSR count). The zero-order valence-electron chi connectivity index (χ0n) is 26.9. The van der Waals surface area contributed by atoms with Gasteiger partial charge in [0.2, 0.25) is 12.6 Å². The van der Waals surface area contributed by atoms with Gasteiger partial charge in [0, 0.05) is 18.5 Å². The Morgan fingerprint density at radius 2 is 1.63 bits per heavy atom. The van der Waals surface area contributed by atoms with E-state index in [4.69, 9.17) is 19.9 Å². The number of carbonyl (C=O) groups is 2. The standard InChI is InChI=1S/C32H28F5N7O8/c1-2-6-25-38-27(31(33,34)32(35,36)37)26(29(45)46)42(25)16-19-11-13-21(14-12-19)23-9-3-4-10-24(23)28-39-41-43(40-28)18-50-30(47)52-22-8-5-7-20(15-22)17-51-44(48)49/h3-5,7-15,48-49H,2,6,16-18H2,1H3,(H,45,46). The molecule has 0 atom stereocenters. The molecule has 20 heteroatoms. The molecule has 15 nitrogen and oxygen atoms in total. The molecular weight excluding hydrogens is 705 g/mol. The predicted molar refractivity (Wildman–Crippen MR) is 165 cm³/mol. The third-order valence-corrected chi connectivity index (χ3v) is 7.35. The van der Waals surface area contributed by atoms with E-state index in [0.717, 1.165) is 9.36 Å². The molecule has 0 amide bonds. The second kappa shape index (κ2) is 15.6. The molecule has 3 N–H and O–H groups in total. The molecule has 0 saturated carbocycles. The fraction of sp³-hybridized carbons (Fsp3) is 0.250. The minimum atomic E-state index is -6.05. The highest BCUT2D eigenvalue weighted by molar-refractivity contribution is 5.87. The van der Waals surface area contributed by atoms with E-state index in [2.05, 4.69) is 25.2 Å². The van der Waals surface area contributed by atoms with Crippen molar-refractivity contribution < 1.29 is 61.4 Å². The Morgan fingerprint density at radius 3 is 2.29 bits per heavy atom. The second-order valence-electron chi connectivity index (χ2n) is 11.0. The molecule has 274 valence electrons. The number of imidazole rings is 1. The zero-order chi connectivity index (χ0) is 37.6. The Kier molecular flexibility index (Phi) is 11.2. The maximum atomic E-state index is 14.4. The van der Waals surface area contributed by atoms with E-state index in [1.54, 1.807) is 61.5 Å². The number of carbonyl (C=O) groups excluding carboxylic acids is 1. The number of carboxylic acids is 1. The quantitative estimate of drug-likeness (QED) is 0.0504. The fourth-order valence-corrected chi connectivity index (χ4v) is 5.03. The molecule has 0 fully saturated rings. The van der Waals surface area contributed by atoms with Crippen LogP contribution in [0.15, 0.2) is 72.8 Å². The number of aromatic carboxylic acids is 1. The van der Waals surface area contributed by atoms with E-state index < -0.39 is 47.7 Å². The molecule has 0 bridgehead atoms. The molecule has 0 saturated heterocycles. The highest BCUT2D eigenvalue weighted by Crippen LogP contribution is 2.45. The van der Waals surface area contributed by atoms with Gasteiger partial charge in [0.05, 0.1) is 12.0 Å². The van der Waals surface area contributed by atoms with Crippen LogP contribution in [-0.4, -0.2) is 69.0 Å². The summed E-state index contributed by atoms with van der Waals surface area (Å²) in [7, 11) is 0. The van der Waals surface area contributed by atoms with E-state index >= 15 is 0 Å². The number of carboxylic acid groups (broad SMARTS) is 1. The summed E-state index contributed by atoms with van der Waals surface area (Å²) in [6.07, 6.45) is -6.88. The summed E-state index contributed by atoms with van der Waals surface area (Å²) in [4.78, 5) is 33.2. The lowest BCUT2D eigenvalue weighted by Crippen LogP contribution is -2.35. The third-order valence-electron chi connectivity index (χ3n) is 7.35. The molecule has 52 heavy (non-hydrogen) atoms. The largest absolute Gasteiger partial charge is 0.515 e. The zero-order valence-corrected chi connectivity index (χ0v) is 26.9. The normalized spacial score (nSPS) is 11.9. The molecule has 0 radical (unpaired) electrons. The van der Waals surface area contributed by atoms with E-state index in [1.165, 1.54) is 18.2 Å². The van der Waals surface area contributed by atoms with Crippen LogP contribution in [0.3, 0.4) is 0 Å². The lowest BCUT2D eigenvalue weighted by molar-refractivity contribution is -0.497. The molecule has 2 aromatic heterocycles.